The van der Waals surface area contributed by atoms with Crippen LogP contribution in [-0.4, -0.2) is 36.7 Å². The van der Waals surface area contributed by atoms with E-state index in [-0.39, 0.29) is 12.0 Å². The Balaban J connectivity index is 1.68. The second-order valence-electron chi connectivity index (χ2n) is 5.49. The Hall–Kier alpha value is -1.62. The lowest BCUT2D eigenvalue weighted by molar-refractivity contribution is -0.124. The van der Waals surface area contributed by atoms with Gasteiger partial charge in [0.05, 0.1) is 11.4 Å². The first-order valence-electron chi connectivity index (χ1n) is 7.39. The summed E-state index contributed by atoms with van der Waals surface area (Å²) in [6.07, 6.45) is 3.94. The Bertz CT molecular complexity index is 492. The number of carbonyl (C=O) groups excluding carboxylic acids is 1. The highest BCUT2D eigenvalue weighted by atomic mass is 16.5. The first-order valence-corrected chi connectivity index (χ1v) is 7.39. The fourth-order valence-electron chi connectivity index (χ4n) is 2.80. The van der Waals surface area contributed by atoms with Crippen LogP contribution < -0.4 is 10.2 Å². The van der Waals surface area contributed by atoms with Crippen LogP contribution in [0.2, 0.25) is 0 Å². The van der Waals surface area contributed by atoms with Gasteiger partial charge >= 0.3 is 0 Å². The third-order valence-corrected chi connectivity index (χ3v) is 3.98. The van der Waals surface area contributed by atoms with Gasteiger partial charge in [-0.3, -0.25) is 4.79 Å². The van der Waals surface area contributed by atoms with Crippen molar-refractivity contribution in [3.8, 4) is 0 Å². The predicted octanol–water partition coefficient (Wildman–Crippen LogP) is 2.11. The van der Waals surface area contributed by atoms with Gasteiger partial charge in [-0.25, -0.2) is 4.98 Å². The van der Waals surface area contributed by atoms with Crippen molar-refractivity contribution >= 4 is 17.4 Å². The quantitative estimate of drug-likeness (QED) is 0.918. The molecule has 2 fully saturated rings. The smallest absolute Gasteiger partial charge is 0.253 e. The molecule has 5 heteroatoms. The van der Waals surface area contributed by atoms with E-state index in [1.54, 1.807) is 0 Å². The molecule has 1 atom stereocenters. The summed E-state index contributed by atoms with van der Waals surface area (Å²) in [5.74, 6) is 0.955. The Morgan fingerprint density at radius 2 is 2.15 bits per heavy atom. The van der Waals surface area contributed by atoms with Crippen LogP contribution in [0.1, 0.15) is 31.4 Å². The van der Waals surface area contributed by atoms with Crippen LogP contribution >= 0.6 is 0 Å². The van der Waals surface area contributed by atoms with Crippen LogP contribution in [0.3, 0.4) is 0 Å². The summed E-state index contributed by atoms with van der Waals surface area (Å²) in [4.78, 5) is 18.9. The van der Waals surface area contributed by atoms with Crippen LogP contribution in [-0.2, 0) is 9.53 Å². The number of hydrogen-bond acceptors (Lipinski definition) is 4. The van der Waals surface area contributed by atoms with Crippen molar-refractivity contribution in [2.45, 2.75) is 38.7 Å². The minimum Gasteiger partial charge on any atom is -0.368 e. The highest BCUT2D eigenvalue weighted by Gasteiger charge is 2.24. The van der Waals surface area contributed by atoms with Gasteiger partial charge in [0.1, 0.15) is 11.9 Å². The maximum Gasteiger partial charge on any atom is 0.253 e. The number of nitrogens with zero attached hydrogens (tertiary/aromatic N) is 2. The summed E-state index contributed by atoms with van der Waals surface area (Å²) < 4.78 is 5.39. The first kappa shape index (κ1) is 13.4. The molecule has 0 radical (unpaired) electrons. The Morgan fingerprint density at radius 1 is 1.35 bits per heavy atom. The Labute approximate surface area is 119 Å². The fourth-order valence-corrected chi connectivity index (χ4v) is 2.80. The van der Waals surface area contributed by atoms with Crippen molar-refractivity contribution in [3.63, 3.8) is 0 Å². The zero-order chi connectivity index (χ0) is 13.9. The van der Waals surface area contributed by atoms with Crippen LogP contribution in [0.15, 0.2) is 12.1 Å². The van der Waals surface area contributed by atoms with Gasteiger partial charge in [0.15, 0.2) is 0 Å². The molecule has 108 valence electrons. The first-order chi connectivity index (χ1) is 9.74. The molecule has 1 N–H and O–H groups in total. The number of nitrogens with one attached hydrogen (secondary N) is 1. The lowest BCUT2D eigenvalue weighted by Crippen LogP contribution is -2.27. The van der Waals surface area contributed by atoms with Crippen molar-refractivity contribution in [1.82, 2.24) is 4.98 Å². The van der Waals surface area contributed by atoms with E-state index >= 15 is 0 Å². The molecule has 1 aromatic heterocycles. The molecule has 3 rings (SSSR count). The molecule has 0 spiro atoms. The fraction of sp³-hybridized carbons (Fsp3) is 0.600. The van der Waals surface area contributed by atoms with E-state index in [4.69, 9.17) is 4.74 Å². The van der Waals surface area contributed by atoms with Gasteiger partial charge in [-0.2, -0.15) is 0 Å². The van der Waals surface area contributed by atoms with E-state index in [2.05, 4.69) is 15.2 Å². The number of rotatable bonds is 3. The lowest BCUT2D eigenvalue weighted by atomic mass is 10.2. The molecule has 0 aliphatic carbocycles. The van der Waals surface area contributed by atoms with Gasteiger partial charge in [-0.15, -0.1) is 0 Å². The molecule has 1 amide bonds. The molecular formula is C15H21N3O2. The zero-order valence-electron chi connectivity index (χ0n) is 11.9. The summed E-state index contributed by atoms with van der Waals surface area (Å²) in [5, 5.41) is 2.92. The van der Waals surface area contributed by atoms with Gasteiger partial charge in [0.2, 0.25) is 0 Å². The Kier molecular flexibility index (Phi) is 3.87. The summed E-state index contributed by atoms with van der Waals surface area (Å²) in [5.41, 5.74) is 1.65. The largest absolute Gasteiger partial charge is 0.368 e. The van der Waals surface area contributed by atoms with E-state index in [9.17, 15) is 4.79 Å². The van der Waals surface area contributed by atoms with Gasteiger partial charge in [-0.05, 0) is 44.7 Å². The van der Waals surface area contributed by atoms with Crippen molar-refractivity contribution in [1.29, 1.82) is 0 Å². The maximum absolute atomic E-state index is 12.0. The number of carbonyl (C=O) groups is 1. The highest BCUT2D eigenvalue weighted by molar-refractivity contribution is 5.94. The highest BCUT2D eigenvalue weighted by Crippen LogP contribution is 2.23. The van der Waals surface area contributed by atoms with Gasteiger partial charge in [-0.1, -0.05) is 0 Å². The van der Waals surface area contributed by atoms with Crippen molar-refractivity contribution < 1.29 is 9.53 Å². The SMILES string of the molecule is Cc1nc(N2CCCC2)ccc1NC(=O)C1CCCO1. The van der Waals surface area contributed by atoms with Crippen LogP contribution in [0.25, 0.3) is 0 Å². The van der Waals surface area contributed by atoms with Crippen molar-refractivity contribution in [2.75, 3.05) is 29.9 Å². The molecule has 0 bridgehead atoms. The molecule has 5 nitrogen and oxygen atoms in total. The maximum atomic E-state index is 12.0. The van der Waals surface area contributed by atoms with Crippen LogP contribution in [0.5, 0.6) is 0 Å². The number of amides is 1. The molecule has 2 aliphatic rings. The summed E-state index contributed by atoms with van der Waals surface area (Å²) in [6, 6.07) is 3.94. The number of aryl methyl sites for hydroxylation is 1. The molecule has 2 aliphatic heterocycles. The molecule has 2 saturated heterocycles. The average Bonchev–Trinajstić information content (AvgIpc) is 3.14. The van der Waals surface area contributed by atoms with Gasteiger partial charge in [0.25, 0.3) is 5.91 Å². The normalized spacial score (nSPS) is 22.2. The molecule has 0 aromatic carbocycles. The summed E-state index contributed by atoms with van der Waals surface area (Å²) in [7, 11) is 0. The van der Waals surface area contributed by atoms with Crippen LogP contribution in [0, 0.1) is 6.92 Å². The minimum atomic E-state index is -0.298. The molecule has 20 heavy (non-hydrogen) atoms. The molecule has 1 unspecified atom stereocenters. The number of hydrogen-bond donors (Lipinski definition) is 1. The number of anilines is 2. The van der Waals surface area contributed by atoms with Gasteiger partial charge in [0, 0.05) is 19.7 Å². The Morgan fingerprint density at radius 3 is 2.80 bits per heavy atom. The van der Waals surface area contributed by atoms with E-state index < -0.39 is 0 Å². The number of aromatic nitrogens is 1. The van der Waals surface area contributed by atoms with Crippen molar-refractivity contribution in [2.24, 2.45) is 0 Å². The molecule has 0 saturated carbocycles. The molecule has 1 aromatic rings. The molecule has 3 heterocycles. The van der Waals surface area contributed by atoms with Gasteiger partial charge < -0.3 is 15.0 Å². The summed E-state index contributed by atoms with van der Waals surface area (Å²) >= 11 is 0. The third-order valence-electron chi connectivity index (χ3n) is 3.98. The molecular weight excluding hydrogens is 254 g/mol. The average molecular weight is 275 g/mol. The van der Waals surface area contributed by atoms with Crippen LogP contribution in [0.4, 0.5) is 11.5 Å². The minimum absolute atomic E-state index is 0.0543. The van der Waals surface area contributed by atoms with E-state index in [1.165, 1.54) is 12.8 Å². The third kappa shape index (κ3) is 2.77. The second kappa shape index (κ2) is 5.79. The second-order valence-corrected chi connectivity index (χ2v) is 5.49. The van der Waals surface area contributed by atoms with E-state index in [1.807, 2.05) is 19.1 Å². The lowest BCUT2D eigenvalue weighted by Gasteiger charge is -2.18. The van der Waals surface area contributed by atoms with Crippen molar-refractivity contribution in [3.05, 3.63) is 17.8 Å². The standard InChI is InChI=1S/C15H21N3O2/c1-11-12(17-15(19)13-5-4-10-20-13)6-7-14(16-11)18-8-2-3-9-18/h6-7,13H,2-5,8-10H2,1H3,(H,17,19). The summed E-state index contributed by atoms with van der Waals surface area (Å²) in [6.45, 7) is 4.77. The monoisotopic (exact) mass is 275 g/mol. The van der Waals surface area contributed by atoms with E-state index in [0.29, 0.717) is 6.61 Å². The van der Waals surface area contributed by atoms with E-state index in [0.717, 1.165) is 43.1 Å². The number of ether oxygens (including phenoxy) is 1. The number of pyridine rings is 1. The zero-order valence-corrected chi connectivity index (χ0v) is 11.9. The topological polar surface area (TPSA) is 54.5 Å². The predicted molar refractivity (Wildman–Crippen MR) is 78.0 cm³/mol.